The molecule has 4 N–H and O–H groups in total. The van der Waals surface area contributed by atoms with Gasteiger partial charge < -0.3 is 30.2 Å². The maximum absolute atomic E-state index is 12.1. The Kier molecular flexibility index (Phi) is 5.01. The lowest BCUT2D eigenvalue weighted by atomic mass is 9.92. The number of fused-ring (bicyclic) bond motifs is 1. The van der Waals surface area contributed by atoms with Crippen LogP contribution < -0.4 is 5.73 Å². The third-order valence-electron chi connectivity index (χ3n) is 5.84. The number of hydrogen-bond donors (Lipinski definition) is 3. The van der Waals surface area contributed by atoms with Crippen molar-refractivity contribution >= 4 is 17.5 Å². The van der Waals surface area contributed by atoms with E-state index in [9.17, 15) is 20.3 Å². The lowest BCUT2D eigenvalue weighted by molar-refractivity contribution is -0.0816. The average Bonchev–Trinajstić information content (AvgIpc) is 3.40. The highest BCUT2D eigenvalue weighted by Crippen LogP contribution is 2.40. The second-order valence-corrected chi connectivity index (χ2v) is 7.92. The van der Waals surface area contributed by atoms with Crippen LogP contribution in [0.3, 0.4) is 0 Å². The molecule has 2 aromatic rings. The monoisotopic (exact) mass is 417 g/mol. The van der Waals surface area contributed by atoms with Crippen LogP contribution >= 0.6 is 0 Å². The Morgan fingerprint density at radius 2 is 2.17 bits per heavy atom. The van der Waals surface area contributed by atoms with E-state index in [1.807, 2.05) is 13.0 Å². The molecule has 1 saturated heterocycles. The Morgan fingerprint density at radius 3 is 2.87 bits per heavy atom. The number of hydrogen-bond acceptors (Lipinski definition) is 10. The maximum Gasteiger partial charge on any atom is 0.508 e. The van der Waals surface area contributed by atoms with E-state index in [1.165, 1.54) is 16.9 Å². The second kappa shape index (κ2) is 7.39. The number of aliphatic hydroxyl groups excluding tert-OH is 2. The summed E-state index contributed by atoms with van der Waals surface area (Å²) in [7, 11) is 0. The molecule has 11 nitrogen and oxygen atoms in total. The number of nitriles is 1. The van der Waals surface area contributed by atoms with Crippen LogP contribution in [0.4, 0.5) is 10.6 Å². The largest absolute Gasteiger partial charge is 0.508 e. The summed E-state index contributed by atoms with van der Waals surface area (Å²) < 4.78 is 17.6. The molecule has 4 atom stereocenters. The normalized spacial score (nSPS) is 30.3. The molecule has 0 aromatic carbocycles. The summed E-state index contributed by atoms with van der Waals surface area (Å²) >= 11 is 0. The maximum atomic E-state index is 12.1. The van der Waals surface area contributed by atoms with Gasteiger partial charge in [-0.3, -0.25) is 0 Å². The lowest BCUT2D eigenvalue weighted by Gasteiger charge is -2.25. The molecular weight excluding hydrogens is 394 g/mol. The molecule has 160 valence electrons. The fraction of sp³-hybridized carbons (Fsp3) is 0.579. The van der Waals surface area contributed by atoms with Crippen LogP contribution in [-0.4, -0.2) is 61.5 Å². The van der Waals surface area contributed by atoms with E-state index in [0.29, 0.717) is 5.52 Å². The lowest BCUT2D eigenvalue weighted by Crippen LogP contribution is -2.41. The Bertz CT molecular complexity index is 997. The molecule has 4 rings (SSSR count). The number of aromatic nitrogens is 3. The van der Waals surface area contributed by atoms with E-state index in [0.717, 1.165) is 25.7 Å². The first kappa shape index (κ1) is 20.3. The van der Waals surface area contributed by atoms with Crippen LogP contribution in [0.2, 0.25) is 0 Å². The van der Waals surface area contributed by atoms with Crippen LogP contribution in [0.15, 0.2) is 18.5 Å². The first-order valence-electron chi connectivity index (χ1n) is 9.69. The Hall–Kier alpha value is -2.94. The minimum Gasteiger partial charge on any atom is -0.431 e. The minimum absolute atomic E-state index is 0.171. The van der Waals surface area contributed by atoms with Crippen molar-refractivity contribution in [3.63, 3.8) is 0 Å². The molecule has 1 aliphatic carbocycles. The third kappa shape index (κ3) is 3.23. The van der Waals surface area contributed by atoms with Crippen molar-refractivity contribution in [2.24, 2.45) is 0 Å². The van der Waals surface area contributed by atoms with Crippen molar-refractivity contribution in [3.05, 3.63) is 24.2 Å². The van der Waals surface area contributed by atoms with Gasteiger partial charge in [-0.25, -0.2) is 14.3 Å². The molecule has 0 radical (unpaired) electrons. The topological polar surface area (TPSA) is 165 Å². The van der Waals surface area contributed by atoms with Crippen molar-refractivity contribution in [2.45, 2.75) is 62.1 Å². The molecule has 1 saturated carbocycles. The minimum atomic E-state index is -1.94. The van der Waals surface area contributed by atoms with Crippen molar-refractivity contribution < 1.29 is 29.2 Å². The van der Waals surface area contributed by atoms with E-state index in [1.54, 1.807) is 6.07 Å². The number of aliphatic hydroxyl groups is 2. The van der Waals surface area contributed by atoms with Crippen LogP contribution in [0.25, 0.3) is 5.52 Å². The average molecular weight is 417 g/mol. The van der Waals surface area contributed by atoms with Gasteiger partial charge in [0.2, 0.25) is 5.60 Å². The third-order valence-corrected chi connectivity index (χ3v) is 5.84. The van der Waals surface area contributed by atoms with Gasteiger partial charge in [-0.2, -0.15) is 10.4 Å². The Labute approximate surface area is 172 Å². The van der Waals surface area contributed by atoms with Crippen molar-refractivity contribution in [3.8, 4) is 6.07 Å². The van der Waals surface area contributed by atoms with Crippen LogP contribution in [-0.2, 0) is 19.8 Å². The first-order valence-corrected chi connectivity index (χ1v) is 9.69. The van der Waals surface area contributed by atoms with Crippen molar-refractivity contribution in [1.29, 1.82) is 5.26 Å². The highest BCUT2D eigenvalue weighted by Gasteiger charge is 2.58. The van der Waals surface area contributed by atoms with E-state index < -0.39 is 42.3 Å². The zero-order chi connectivity index (χ0) is 21.5. The highest BCUT2D eigenvalue weighted by atomic mass is 16.7. The summed E-state index contributed by atoms with van der Waals surface area (Å²) in [5.41, 5.74) is 3.90. The zero-order valence-electron chi connectivity index (χ0n) is 16.4. The number of rotatable bonds is 4. The summed E-state index contributed by atoms with van der Waals surface area (Å²) in [4.78, 5) is 16.0. The van der Waals surface area contributed by atoms with Gasteiger partial charge in [0.05, 0.1) is 5.69 Å². The van der Waals surface area contributed by atoms with Crippen molar-refractivity contribution in [2.75, 3.05) is 12.3 Å². The fourth-order valence-electron chi connectivity index (χ4n) is 4.16. The molecule has 2 fully saturated rings. The molecule has 0 unspecified atom stereocenters. The van der Waals surface area contributed by atoms with Gasteiger partial charge in [0, 0.05) is 0 Å². The number of anilines is 1. The molecule has 2 aromatic heterocycles. The molecular formula is C19H23N5O6. The summed E-state index contributed by atoms with van der Waals surface area (Å²) in [6, 6.07) is 5.02. The predicted octanol–water partition coefficient (Wildman–Crippen LogP) is 0.637. The molecule has 2 aliphatic rings. The van der Waals surface area contributed by atoms with Gasteiger partial charge in [-0.05, 0) is 44.7 Å². The highest BCUT2D eigenvalue weighted by molar-refractivity contribution is 5.66. The van der Waals surface area contributed by atoms with Gasteiger partial charge in [0.15, 0.2) is 5.82 Å². The smallest absolute Gasteiger partial charge is 0.431 e. The molecule has 0 spiro atoms. The van der Waals surface area contributed by atoms with Crippen molar-refractivity contribution in [1.82, 2.24) is 14.6 Å². The van der Waals surface area contributed by atoms with E-state index in [-0.39, 0.29) is 11.5 Å². The number of nitrogen functional groups attached to an aromatic ring is 1. The number of carbonyl (C=O) groups is 1. The Morgan fingerprint density at radius 1 is 1.43 bits per heavy atom. The second-order valence-electron chi connectivity index (χ2n) is 7.92. The summed E-state index contributed by atoms with van der Waals surface area (Å²) in [6.07, 6.45) is -0.455. The van der Waals surface area contributed by atoms with Gasteiger partial charge >= 0.3 is 6.16 Å². The van der Waals surface area contributed by atoms with E-state index in [4.69, 9.17) is 19.9 Å². The standard InChI is InChI=1S/C19H23N5O6/c1-18(6-2-3-7-18)30-17(27)28-8-12-14(25)15(26)19(9-20,29-12)13-5-4-11-16(21)22-10-23-24(11)13/h4-5,10,12,14-15,25-26H,2-3,6-8H2,1H3,(H2,21,22,23)/t12-,14-,15-,19+/m1/s1. The Balaban J connectivity index is 1.52. The zero-order valence-corrected chi connectivity index (χ0v) is 16.4. The SMILES string of the molecule is CC1(OC(=O)OC[C@H]2O[C@@](C#N)(c3ccc4c(N)ncnn34)[C@H](O)[C@@H]2O)CCCC1. The molecule has 0 bridgehead atoms. The first-order chi connectivity index (χ1) is 14.3. The van der Waals surface area contributed by atoms with Gasteiger partial charge in [0.25, 0.3) is 0 Å². The van der Waals surface area contributed by atoms with Crippen LogP contribution in [0, 0.1) is 11.3 Å². The number of ether oxygens (including phenoxy) is 3. The van der Waals surface area contributed by atoms with E-state index in [2.05, 4.69) is 10.1 Å². The molecule has 11 heteroatoms. The van der Waals surface area contributed by atoms with Gasteiger partial charge in [0.1, 0.15) is 48.4 Å². The van der Waals surface area contributed by atoms with Gasteiger partial charge in [-0.1, -0.05) is 0 Å². The molecule has 1 aliphatic heterocycles. The number of carbonyl (C=O) groups excluding carboxylic acids is 1. The van der Waals surface area contributed by atoms with E-state index >= 15 is 0 Å². The van der Waals surface area contributed by atoms with Crippen LogP contribution in [0.5, 0.6) is 0 Å². The van der Waals surface area contributed by atoms with Gasteiger partial charge in [-0.15, -0.1) is 0 Å². The summed E-state index contributed by atoms with van der Waals surface area (Å²) in [5, 5.41) is 35.0. The summed E-state index contributed by atoms with van der Waals surface area (Å²) in [6.45, 7) is 1.45. The number of nitrogens with zero attached hydrogens (tertiary/aromatic N) is 4. The predicted molar refractivity (Wildman–Crippen MR) is 101 cm³/mol. The quantitative estimate of drug-likeness (QED) is 0.601. The molecule has 30 heavy (non-hydrogen) atoms. The fourth-order valence-corrected chi connectivity index (χ4v) is 4.16. The summed E-state index contributed by atoms with van der Waals surface area (Å²) in [5.74, 6) is 0.181. The number of nitrogens with two attached hydrogens (primary N) is 1. The molecule has 0 amide bonds. The van der Waals surface area contributed by atoms with Crippen LogP contribution in [0.1, 0.15) is 38.3 Å². The molecule has 3 heterocycles.